The van der Waals surface area contributed by atoms with Crippen molar-refractivity contribution in [1.29, 1.82) is 5.26 Å². The Morgan fingerprint density at radius 3 is 2.74 bits per heavy atom. The largest absolute Gasteiger partial charge is 0.491 e. The Labute approximate surface area is 134 Å². The van der Waals surface area contributed by atoms with Crippen LogP contribution in [-0.2, 0) is 4.79 Å². The van der Waals surface area contributed by atoms with Crippen molar-refractivity contribution >= 4 is 17.7 Å². The summed E-state index contributed by atoms with van der Waals surface area (Å²) < 4.78 is 5.24. The second-order valence-electron chi connectivity index (χ2n) is 4.66. The minimum Gasteiger partial charge on any atom is -0.491 e. The smallest absolute Gasteiger partial charge is 0.248 e. The van der Waals surface area contributed by atoms with Crippen molar-refractivity contribution in [3.05, 3.63) is 65.7 Å². The molecule has 0 atom stereocenters. The summed E-state index contributed by atoms with van der Waals surface area (Å²) in [4.78, 5) is 11.9. The van der Waals surface area contributed by atoms with Gasteiger partial charge >= 0.3 is 0 Å². The molecule has 0 heterocycles. The van der Waals surface area contributed by atoms with E-state index in [0.29, 0.717) is 17.0 Å². The summed E-state index contributed by atoms with van der Waals surface area (Å²) in [5.74, 6) is 0.359. The Hall–Kier alpha value is -3.10. The molecule has 0 unspecified atom stereocenters. The van der Waals surface area contributed by atoms with Gasteiger partial charge in [-0.05, 0) is 48.0 Å². The number of aliphatic hydroxyl groups excluding tert-OH is 1. The topological polar surface area (TPSA) is 82.4 Å². The lowest BCUT2D eigenvalue weighted by Crippen LogP contribution is -2.07. The minimum absolute atomic E-state index is 0.0454. The number of carbonyl (C=O) groups is 1. The number of nitrogens with one attached hydrogen (secondary N) is 1. The van der Waals surface area contributed by atoms with Gasteiger partial charge in [0, 0.05) is 11.8 Å². The van der Waals surface area contributed by atoms with E-state index in [0.717, 1.165) is 5.56 Å². The number of benzene rings is 2. The Bertz CT molecular complexity index is 731. The second kappa shape index (κ2) is 8.37. The van der Waals surface area contributed by atoms with E-state index in [1.54, 1.807) is 48.5 Å². The molecule has 5 heteroatoms. The highest BCUT2D eigenvalue weighted by atomic mass is 16.5. The van der Waals surface area contributed by atoms with Crippen LogP contribution in [0.4, 0.5) is 5.69 Å². The lowest BCUT2D eigenvalue weighted by molar-refractivity contribution is -0.111. The van der Waals surface area contributed by atoms with Crippen LogP contribution in [-0.4, -0.2) is 24.2 Å². The molecule has 5 nitrogen and oxygen atoms in total. The van der Waals surface area contributed by atoms with E-state index in [-0.39, 0.29) is 19.1 Å². The molecule has 0 saturated heterocycles. The molecular formula is C18H16N2O3. The van der Waals surface area contributed by atoms with Gasteiger partial charge in [0.25, 0.3) is 0 Å². The van der Waals surface area contributed by atoms with Gasteiger partial charge in [-0.2, -0.15) is 5.26 Å². The maximum atomic E-state index is 11.9. The van der Waals surface area contributed by atoms with Crippen molar-refractivity contribution < 1.29 is 14.6 Å². The molecule has 0 saturated carbocycles. The van der Waals surface area contributed by atoms with E-state index in [9.17, 15) is 4.79 Å². The lowest BCUT2D eigenvalue weighted by atomic mass is 10.1. The van der Waals surface area contributed by atoms with Gasteiger partial charge in [0.05, 0.1) is 18.2 Å². The van der Waals surface area contributed by atoms with Crippen LogP contribution in [0.5, 0.6) is 5.75 Å². The number of ether oxygens (including phenoxy) is 1. The van der Waals surface area contributed by atoms with Crippen molar-refractivity contribution in [3.8, 4) is 11.8 Å². The first kappa shape index (κ1) is 16.3. The third kappa shape index (κ3) is 5.30. The summed E-state index contributed by atoms with van der Waals surface area (Å²) in [7, 11) is 0. The average Bonchev–Trinajstić information content (AvgIpc) is 2.59. The summed E-state index contributed by atoms with van der Waals surface area (Å²) >= 11 is 0. The number of carbonyl (C=O) groups excluding carboxylic acids is 1. The number of anilines is 1. The van der Waals surface area contributed by atoms with Gasteiger partial charge in [-0.15, -0.1) is 0 Å². The van der Waals surface area contributed by atoms with Gasteiger partial charge in [0.15, 0.2) is 0 Å². The number of amides is 1. The van der Waals surface area contributed by atoms with E-state index in [1.165, 1.54) is 6.08 Å². The van der Waals surface area contributed by atoms with Gasteiger partial charge in [0.2, 0.25) is 5.91 Å². The first-order valence-electron chi connectivity index (χ1n) is 7.04. The number of aliphatic hydroxyl groups is 1. The Balaban J connectivity index is 1.93. The molecular weight excluding hydrogens is 292 g/mol. The molecule has 0 aliphatic rings. The van der Waals surface area contributed by atoms with Crippen LogP contribution in [0.3, 0.4) is 0 Å². The zero-order valence-corrected chi connectivity index (χ0v) is 12.4. The van der Waals surface area contributed by atoms with E-state index < -0.39 is 0 Å². The quantitative estimate of drug-likeness (QED) is 0.804. The van der Waals surface area contributed by atoms with E-state index >= 15 is 0 Å². The molecule has 0 radical (unpaired) electrons. The number of hydrogen-bond acceptors (Lipinski definition) is 4. The average molecular weight is 308 g/mol. The highest BCUT2D eigenvalue weighted by molar-refractivity contribution is 6.01. The molecule has 0 bridgehead atoms. The SMILES string of the molecule is N#Cc1cccc(/C=C/C(=O)Nc2ccc(OCCO)cc2)c1. The summed E-state index contributed by atoms with van der Waals surface area (Å²) in [5, 5.41) is 20.2. The Kier molecular flexibility index (Phi) is 5.92. The number of nitriles is 1. The minimum atomic E-state index is -0.267. The van der Waals surface area contributed by atoms with Crippen molar-refractivity contribution in [2.75, 3.05) is 18.5 Å². The van der Waals surface area contributed by atoms with Gasteiger partial charge in [-0.1, -0.05) is 12.1 Å². The Morgan fingerprint density at radius 1 is 1.26 bits per heavy atom. The van der Waals surface area contributed by atoms with Crippen LogP contribution in [0.1, 0.15) is 11.1 Å². The van der Waals surface area contributed by atoms with E-state index in [4.69, 9.17) is 15.1 Å². The lowest BCUT2D eigenvalue weighted by Gasteiger charge is -2.06. The van der Waals surface area contributed by atoms with Crippen molar-refractivity contribution in [1.82, 2.24) is 0 Å². The third-order valence-electron chi connectivity index (χ3n) is 2.92. The Morgan fingerprint density at radius 2 is 2.04 bits per heavy atom. The van der Waals surface area contributed by atoms with Crippen LogP contribution in [0.15, 0.2) is 54.6 Å². The van der Waals surface area contributed by atoms with Crippen LogP contribution in [0, 0.1) is 11.3 Å². The molecule has 0 spiro atoms. The van der Waals surface area contributed by atoms with Crippen LogP contribution >= 0.6 is 0 Å². The highest BCUT2D eigenvalue weighted by Gasteiger charge is 1.99. The molecule has 0 aromatic heterocycles. The number of nitrogens with zero attached hydrogens (tertiary/aromatic N) is 1. The molecule has 0 aliphatic carbocycles. The fourth-order valence-corrected chi connectivity index (χ4v) is 1.87. The molecule has 23 heavy (non-hydrogen) atoms. The summed E-state index contributed by atoms with van der Waals surface area (Å²) in [6.45, 7) is 0.187. The van der Waals surface area contributed by atoms with Crippen LogP contribution in [0.2, 0.25) is 0 Å². The summed E-state index contributed by atoms with van der Waals surface area (Å²) in [6.07, 6.45) is 3.06. The molecule has 2 aromatic rings. The maximum Gasteiger partial charge on any atom is 0.248 e. The standard InChI is InChI=1S/C18H16N2O3/c19-13-15-3-1-2-14(12-15)4-9-18(22)20-16-5-7-17(8-6-16)23-11-10-21/h1-9,12,21H,10-11H2,(H,20,22)/b9-4+. The molecule has 0 aliphatic heterocycles. The van der Waals surface area contributed by atoms with Crippen molar-refractivity contribution in [3.63, 3.8) is 0 Å². The highest BCUT2D eigenvalue weighted by Crippen LogP contribution is 2.15. The van der Waals surface area contributed by atoms with Crippen LogP contribution in [0.25, 0.3) is 6.08 Å². The fraction of sp³-hybridized carbons (Fsp3) is 0.111. The molecule has 0 fully saturated rings. The molecule has 1 amide bonds. The molecule has 2 N–H and O–H groups in total. The number of hydrogen-bond donors (Lipinski definition) is 2. The number of rotatable bonds is 6. The van der Waals surface area contributed by atoms with Crippen molar-refractivity contribution in [2.24, 2.45) is 0 Å². The van der Waals surface area contributed by atoms with Crippen LogP contribution < -0.4 is 10.1 Å². The molecule has 2 aromatic carbocycles. The third-order valence-corrected chi connectivity index (χ3v) is 2.92. The van der Waals surface area contributed by atoms with Gasteiger partial charge in [-0.25, -0.2) is 0 Å². The maximum absolute atomic E-state index is 11.9. The van der Waals surface area contributed by atoms with Gasteiger partial charge < -0.3 is 15.2 Å². The first-order valence-corrected chi connectivity index (χ1v) is 7.04. The predicted octanol–water partition coefficient (Wildman–Crippen LogP) is 2.58. The van der Waals surface area contributed by atoms with Gasteiger partial charge in [0.1, 0.15) is 12.4 Å². The van der Waals surface area contributed by atoms with Gasteiger partial charge in [-0.3, -0.25) is 4.79 Å². The fourth-order valence-electron chi connectivity index (χ4n) is 1.87. The molecule has 116 valence electrons. The predicted molar refractivity (Wildman–Crippen MR) is 87.8 cm³/mol. The normalized spacial score (nSPS) is 10.3. The first-order chi connectivity index (χ1) is 11.2. The zero-order valence-electron chi connectivity index (χ0n) is 12.4. The zero-order chi connectivity index (χ0) is 16.5. The monoisotopic (exact) mass is 308 g/mol. The summed E-state index contributed by atoms with van der Waals surface area (Å²) in [6, 6.07) is 15.9. The second-order valence-corrected chi connectivity index (χ2v) is 4.66. The van der Waals surface area contributed by atoms with E-state index in [2.05, 4.69) is 11.4 Å². The molecule has 2 rings (SSSR count). The van der Waals surface area contributed by atoms with Crippen molar-refractivity contribution in [2.45, 2.75) is 0 Å². The van der Waals surface area contributed by atoms with E-state index in [1.807, 2.05) is 6.07 Å². The summed E-state index contributed by atoms with van der Waals surface area (Å²) in [5.41, 5.74) is 1.97.